The van der Waals surface area contributed by atoms with Gasteiger partial charge >= 0.3 is 0 Å². The maximum Gasteiger partial charge on any atom is 0.115 e. The molecule has 0 bridgehead atoms. The fraction of sp³-hybridized carbons (Fsp3) is 0.182. The van der Waals surface area contributed by atoms with Gasteiger partial charge in [-0.2, -0.15) is 0 Å². The molecule has 0 radical (unpaired) electrons. The van der Waals surface area contributed by atoms with Crippen LogP contribution in [0.3, 0.4) is 0 Å². The van der Waals surface area contributed by atoms with E-state index in [2.05, 4.69) is 53.9 Å². The Hall–Kier alpha value is -2.74. The summed E-state index contributed by atoms with van der Waals surface area (Å²) in [6.07, 6.45) is 5.79. The molecule has 0 saturated heterocycles. The molecule has 3 aromatic carbocycles. The summed E-state index contributed by atoms with van der Waals surface area (Å²) in [5.74, 6) is 1.29. The number of hydrogen-bond donors (Lipinski definition) is 2. The zero-order valence-electron chi connectivity index (χ0n) is 13.3. The van der Waals surface area contributed by atoms with Gasteiger partial charge in [-0.05, 0) is 52.4 Å². The highest BCUT2D eigenvalue weighted by Crippen LogP contribution is 2.51. The Kier molecular flexibility index (Phi) is 2.93. The van der Waals surface area contributed by atoms with Gasteiger partial charge in [-0.15, -0.1) is 0 Å². The number of fused-ring (bicyclic) bond motifs is 5. The number of anilines is 1. The van der Waals surface area contributed by atoms with Crippen molar-refractivity contribution in [2.45, 2.75) is 18.4 Å². The summed E-state index contributed by atoms with van der Waals surface area (Å²) in [6.45, 7) is 0. The lowest BCUT2D eigenvalue weighted by molar-refractivity contribution is 0.426. The predicted octanol–water partition coefficient (Wildman–Crippen LogP) is 5.37. The van der Waals surface area contributed by atoms with Crippen LogP contribution >= 0.6 is 0 Å². The normalized spacial score (nSPS) is 24.4. The SMILES string of the molecule is Oc1ccc([C@@H]2Nc3ccc4ccccc4c3[C@H]3C=CC[C@H]32)cc1. The summed E-state index contributed by atoms with van der Waals surface area (Å²) in [4.78, 5) is 0. The Morgan fingerprint density at radius 2 is 1.75 bits per heavy atom. The standard InChI is InChI=1S/C22H19NO/c24-16-11-8-15(9-12-16)22-19-7-3-6-18(19)21-17-5-2-1-4-14(17)10-13-20(21)23-22/h1-6,8-13,18-19,22-24H,7H2/t18-,19+,22-/m0/s1. The molecule has 118 valence electrons. The van der Waals surface area contributed by atoms with Crippen LogP contribution in [0.25, 0.3) is 10.8 Å². The first kappa shape index (κ1) is 13.7. The largest absolute Gasteiger partial charge is 0.508 e. The molecule has 2 aliphatic rings. The molecule has 0 spiro atoms. The van der Waals surface area contributed by atoms with Gasteiger partial charge in [0.1, 0.15) is 5.75 Å². The van der Waals surface area contributed by atoms with Gasteiger partial charge in [0, 0.05) is 11.6 Å². The first-order chi connectivity index (χ1) is 11.8. The van der Waals surface area contributed by atoms with Crippen LogP contribution in [0.2, 0.25) is 0 Å². The van der Waals surface area contributed by atoms with E-state index in [-0.39, 0.29) is 6.04 Å². The summed E-state index contributed by atoms with van der Waals surface area (Å²) >= 11 is 0. The van der Waals surface area contributed by atoms with Crippen LogP contribution in [0.15, 0.2) is 72.8 Å². The Bertz CT molecular complexity index is 942. The lowest BCUT2D eigenvalue weighted by Crippen LogP contribution is -2.29. The van der Waals surface area contributed by atoms with E-state index >= 15 is 0 Å². The van der Waals surface area contributed by atoms with Gasteiger partial charge in [0.2, 0.25) is 0 Å². The summed E-state index contributed by atoms with van der Waals surface area (Å²) in [6, 6.07) is 21.0. The minimum Gasteiger partial charge on any atom is -0.508 e. The molecule has 1 aliphatic carbocycles. The number of nitrogens with one attached hydrogen (secondary N) is 1. The van der Waals surface area contributed by atoms with Crippen molar-refractivity contribution in [3.8, 4) is 5.75 Å². The maximum atomic E-state index is 9.59. The molecule has 2 N–H and O–H groups in total. The fourth-order valence-corrected chi connectivity index (χ4v) is 4.39. The Morgan fingerprint density at radius 3 is 2.62 bits per heavy atom. The van der Waals surface area contributed by atoms with Crippen LogP contribution in [-0.4, -0.2) is 5.11 Å². The smallest absolute Gasteiger partial charge is 0.115 e. The van der Waals surface area contributed by atoms with Crippen LogP contribution in [-0.2, 0) is 0 Å². The zero-order valence-corrected chi connectivity index (χ0v) is 13.3. The summed E-state index contributed by atoms with van der Waals surface area (Å²) in [7, 11) is 0. The third-order valence-electron chi connectivity index (χ3n) is 5.51. The molecule has 24 heavy (non-hydrogen) atoms. The van der Waals surface area contributed by atoms with Crippen LogP contribution < -0.4 is 5.32 Å². The predicted molar refractivity (Wildman–Crippen MR) is 98.4 cm³/mol. The highest BCUT2D eigenvalue weighted by atomic mass is 16.3. The lowest BCUT2D eigenvalue weighted by Gasteiger charge is -2.38. The molecule has 2 nitrogen and oxygen atoms in total. The summed E-state index contributed by atoms with van der Waals surface area (Å²) in [5, 5.41) is 16.0. The first-order valence-electron chi connectivity index (χ1n) is 8.55. The Balaban J connectivity index is 1.67. The highest BCUT2D eigenvalue weighted by Gasteiger charge is 2.38. The lowest BCUT2D eigenvalue weighted by atomic mass is 9.75. The molecule has 2 heteroatoms. The molecule has 0 amide bonds. The topological polar surface area (TPSA) is 32.3 Å². The van der Waals surface area contributed by atoms with Gasteiger partial charge in [0.25, 0.3) is 0 Å². The van der Waals surface area contributed by atoms with Crippen molar-refractivity contribution >= 4 is 16.5 Å². The number of phenolic OH excluding ortho intramolecular Hbond substituents is 1. The third-order valence-corrected chi connectivity index (χ3v) is 5.51. The second-order valence-corrected chi connectivity index (χ2v) is 6.81. The zero-order chi connectivity index (χ0) is 16.1. The molecule has 5 rings (SSSR count). The van der Waals surface area contributed by atoms with Crippen LogP contribution in [0.1, 0.15) is 29.5 Å². The van der Waals surface area contributed by atoms with E-state index < -0.39 is 0 Å². The van der Waals surface area contributed by atoms with Crippen molar-refractivity contribution in [1.29, 1.82) is 0 Å². The highest BCUT2D eigenvalue weighted by molar-refractivity contribution is 5.91. The Labute approximate surface area is 141 Å². The van der Waals surface area contributed by atoms with Crippen molar-refractivity contribution < 1.29 is 5.11 Å². The average molecular weight is 313 g/mol. The van der Waals surface area contributed by atoms with Crippen molar-refractivity contribution in [3.05, 3.63) is 83.9 Å². The second kappa shape index (κ2) is 5.13. The monoisotopic (exact) mass is 313 g/mol. The molecule has 1 aliphatic heterocycles. The number of benzene rings is 3. The van der Waals surface area contributed by atoms with E-state index in [4.69, 9.17) is 0 Å². The van der Waals surface area contributed by atoms with Crippen molar-refractivity contribution in [3.63, 3.8) is 0 Å². The summed E-state index contributed by atoms with van der Waals surface area (Å²) < 4.78 is 0. The number of rotatable bonds is 1. The van der Waals surface area contributed by atoms with Crippen molar-refractivity contribution in [1.82, 2.24) is 0 Å². The van der Waals surface area contributed by atoms with Crippen LogP contribution in [0.5, 0.6) is 5.75 Å². The minimum atomic E-state index is 0.277. The molecule has 3 aromatic rings. The van der Waals surface area contributed by atoms with E-state index in [0.29, 0.717) is 17.6 Å². The van der Waals surface area contributed by atoms with Gasteiger partial charge in [-0.25, -0.2) is 0 Å². The summed E-state index contributed by atoms with van der Waals surface area (Å²) in [5.41, 5.74) is 3.91. The number of allylic oxidation sites excluding steroid dienone is 2. The second-order valence-electron chi connectivity index (χ2n) is 6.81. The fourth-order valence-electron chi connectivity index (χ4n) is 4.39. The number of hydrogen-bond acceptors (Lipinski definition) is 2. The van der Waals surface area contributed by atoms with Gasteiger partial charge in [-0.1, -0.05) is 54.6 Å². The van der Waals surface area contributed by atoms with Crippen LogP contribution in [0.4, 0.5) is 5.69 Å². The molecular formula is C22H19NO. The van der Waals surface area contributed by atoms with Gasteiger partial charge in [0.05, 0.1) is 6.04 Å². The Morgan fingerprint density at radius 1 is 0.917 bits per heavy atom. The molecular weight excluding hydrogens is 294 g/mol. The van der Waals surface area contributed by atoms with E-state index in [1.165, 1.54) is 27.6 Å². The number of phenols is 1. The quantitative estimate of drug-likeness (QED) is 0.592. The van der Waals surface area contributed by atoms with E-state index in [9.17, 15) is 5.11 Å². The van der Waals surface area contributed by atoms with Crippen molar-refractivity contribution in [2.24, 2.45) is 5.92 Å². The third kappa shape index (κ3) is 1.96. The molecule has 1 heterocycles. The average Bonchev–Trinajstić information content (AvgIpc) is 3.11. The van der Waals surface area contributed by atoms with Crippen molar-refractivity contribution in [2.75, 3.05) is 5.32 Å². The van der Waals surface area contributed by atoms with Gasteiger partial charge < -0.3 is 10.4 Å². The van der Waals surface area contributed by atoms with E-state index in [1.54, 1.807) is 12.1 Å². The molecule has 0 fully saturated rings. The van der Waals surface area contributed by atoms with E-state index in [0.717, 1.165) is 6.42 Å². The van der Waals surface area contributed by atoms with Crippen LogP contribution in [0, 0.1) is 5.92 Å². The van der Waals surface area contributed by atoms with Gasteiger partial charge in [-0.3, -0.25) is 0 Å². The van der Waals surface area contributed by atoms with Gasteiger partial charge in [0.15, 0.2) is 0 Å². The molecule has 0 saturated carbocycles. The number of aromatic hydroxyl groups is 1. The van der Waals surface area contributed by atoms with E-state index in [1.807, 2.05) is 12.1 Å². The molecule has 0 aromatic heterocycles. The molecule has 3 atom stereocenters. The molecule has 0 unspecified atom stereocenters. The first-order valence-corrected chi connectivity index (χ1v) is 8.55. The maximum absolute atomic E-state index is 9.59. The minimum absolute atomic E-state index is 0.277.